The largest absolute Gasteiger partial charge is 0.332 e. The van der Waals surface area contributed by atoms with Gasteiger partial charge in [0.15, 0.2) is 5.13 Å². The van der Waals surface area contributed by atoms with Crippen molar-refractivity contribution in [3.63, 3.8) is 0 Å². The monoisotopic (exact) mass is 276 g/mol. The molecule has 1 aliphatic carbocycles. The third kappa shape index (κ3) is 2.57. The number of allylic oxidation sites excluding steroid dienone is 1. The molecule has 1 heterocycles. The van der Waals surface area contributed by atoms with Gasteiger partial charge in [-0.25, -0.2) is 4.98 Å². The summed E-state index contributed by atoms with van der Waals surface area (Å²) in [6.07, 6.45) is 7.83. The second-order valence-electron chi connectivity index (χ2n) is 4.26. The van der Waals surface area contributed by atoms with Crippen LogP contribution in [-0.4, -0.2) is 4.98 Å². The maximum atomic E-state index is 5.87. The number of fused-ring (bicyclic) bond motifs is 1. The van der Waals surface area contributed by atoms with Gasteiger partial charge in [-0.1, -0.05) is 29.0 Å². The molecular weight excluding hydrogens is 264 g/mol. The zero-order valence-corrected chi connectivity index (χ0v) is 11.4. The van der Waals surface area contributed by atoms with E-state index in [1.165, 1.54) is 17.0 Å². The average molecular weight is 277 g/mol. The molecule has 0 radical (unpaired) electrons. The molecule has 0 saturated carbocycles. The van der Waals surface area contributed by atoms with Gasteiger partial charge in [-0.05, 0) is 49.6 Å². The normalized spacial score (nSPS) is 14.1. The summed E-state index contributed by atoms with van der Waals surface area (Å²) in [7, 11) is 0. The molecule has 0 fully saturated rings. The molecule has 18 heavy (non-hydrogen) atoms. The fraction of sp³-hybridized carbons (Fsp3) is 0.214. The summed E-state index contributed by atoms with van der Waals surface area (Å²) in [4.78, 5) is 5.93. The molecule has 0 unspecified atom stereocenters. The number of halogens is 1. The highest BCUT2D eigenvalue weighted by atomic mass is 35.5. The quantitative estimate of drug-likeness (QED) is 0.845. The Kier molecular flexibility index (Phi) is 3.35. The predicted molar refractivity (Wildman–Crippen MR) is 78.8 cm³/mol. The van der Waals surface area contributed by atoms with Crippen molar-refractivity contribution in [2.24, 2.45) is 0 Å². The van der Waals surface area contributed by atoms with Crippen molar-refractivity contribution in [1.82, 2.24) is 4.98 Å². The van der Waals surface area contributed by atoms with Crippen LogP contribution in [0, 0.1) is 0 Å². The van der Waals surface area contributed by atoms with E-state index in [0.29, 0.717) is 0 Å². The second-order valence-corrected chi connectivity index (χ2v) is 5.72. The molecule has 2 nitrogen and oxygen atoms in total. The minimum atomic E-state index is 0.749. The number of benzene rings is 1. The van der Waals surface area contributed by atoms with Crippen LogP contribution in [0.5, 0.6) is 0 Å². The van der Waals surface area contributed by atoms with E-state index >= 15 is 0 Å². The zero-order valence-electron chi connectivity index (χ0n) is 9.82. The molecule has 0 bridgehead atoms. The maximum Gasteiger partial charge on any atom is 0.187 e. The van der Waals surface area contributed by atoms with Gasteiger partial charge >= 0.3 is 0 Å². The van der Waals surface area contributed by atoms with Crippen LogP contribution in [0.15, 0.2) is 30.3 Å². The lowest BCUT2D eigenvalue weighted by Gasteiger charge is -2.01. The van der Waals surface area contributed by atoms with E-state index in [-0.39, 0.29) is 0 Å². The number of nitrogens with one attached hydrogen (secondary N) is 1. The Balaban J connectivity index is 1.83. The zero-order chi connectivity index (χ0) is 12.4. The minimum absolute atomic E-state index is 0.749. The van der Waals surface area contributed by atoms with Crippen molar-refractivity contribution in [2.75, 3.05) is 5.32 Å². The molecule has 0 atom stereocenters. The van der Waals surface area contributed by atoms with Gasteiger partial charge in [0.2, 0.25) is 0 Å². The van der Waals surface area contributed by atoms with Gasteiger partial charge in [0.1, 0.15) is 0 Å². The number of rotatable bonds is 2. The summed E-state index contributed by atoms with van der Waals surface area (Å²) in [5.41, 5.74) is 2.23. The Morgan fingerprint density at radius 3 is 2.89 bits per heavy atom. The highest BCUT2D eigenvalue weighted by Crippen LogP contribution is 2.30. The lowest BCUT2D eigenvalue weighted by molar-refractivity contribution is 0.832. The summed E-state index contributed by atoms with van der Waals surface area (Å²) in [5.74, 6) is 0. The van der Waals surface area contributed by atoms with Crippen LogP contribution in [0.25, 0.3) is 6.08 Å². The number of anilines is 2. The molecule has 3 rings (SSSR count). The maximum absolute atomic E-state index is 5.87. The smallest absolute Gasteiger partial charge is 0.187 e. The van der Waals surface area contributed by atoms with E-state index in [2.05, 4.69) is 22.5 Å². The molecule has 1 aliphatic rings. The molecule has 0 aliphatic heterocycles. The van der Waals surface area contributed by atoms with Gasteiger partial charge in [-0.15, -0.1) is 0 Å². The van der Waals surface area contributed by atoms with Crippen LogP contribution in [0.2, 0.25) is 5.02 Å². The molecule has 0 spiro atoms. The van der Waals surface area contributed by atoms with Crippen molar-refractivity contribution in [3.05, 3.63) is 45.9 Å². The highest BCUT2D eigenvalue weighted by molar-refractivity contribution is 7.16. The summed E-state index contributed by atoms with van der Waals surface area (Å²) < 4.78 is 0. The van der Waals surface area contributed by atoms with Crippen LogP contribution in [0.1, 0.15) is 23.4 Å². The average Bonchev–Trinajstić information content (AvgIpc) is 2.62. The molecule has 1 aromatic carbocycles. The van der Waals surface area contributed by atoms with E-state index in [1.807, 2.05) is 24.3 Å². The Bertz CT molecular complexity index is 572. The minimum Gasteiger partial charge on any atom is -0.332 e. The number of hydrogen-bond donors (Lipinski definition) is 1. The number of aryl methyl sites for hydroxylation is 1. The van der Waals surface area contributed by atoms with Gasteiger partial charge < -0.3 is 5.32 Å². The third-order valence-corrected chi connectivity index (χ3v) is 4.11. The van der Waals surface area contributed by atoms with E-state index in [1.54, 1.807) is 11.3 Å². The molecule has 0 amide bonds. The number of thiazole rings is 1. The summed E-state index contributed by atoms with van der Waals surface area (Å²) in [5, 5.41) is 5.02. The van der Waals surface area contributed by atoms with E-state index in [9.17, 15) is 0 Å². The second kappa shape index (κ2) is 5.12. The van der Waals surface area contributed by atoms with Crippen LogP contribution in [0.4, 0.5) is 10.8 Å². The molecule has 4 heteroatoms. The Labute approximate surface area is 115 Å². The molecule has 0 saturated heterocycles. The first-order valence-electron chi connectivity index (χ1n) is 6.00. The van der Waals surface area contributed by atoms with Crippen LogP contribution < -0.4 is 5.32 Å². The van der Waals surface area contributed by atoms with Gasteiger partial charge in [0.25, 0.3) is 0 Å². The SMILES string of the molecule is Clc1ccc(Nc2nc3c(s2)C=CCCC3)cc1. The van der Waals surface area contributed by atoms with Crippen LogP contribution >= 0.6 is 22.9 Å². The third-order valence-electron chi connectivity index (χ3n) is 2.88. The number of hydrogen-bond acceptors (Lipinski definition) is 3. The van der Waals surface area contributed by atoms with Crippen molar-refractivity contribution in [2.45, 2.75) is 19.3 Å². The first kappa shape index (κ1) is 11.8. The predicted octanol–water partition coefficient (Wildman–Crippen LogP) is 4.89. The fourth-order valence-corrected chi connectivity index (χ4v) is 3.05. The lowest BCUT2D eigenvalue weighted by atomic mass is 10.2. The molecule has 92 valence electrons. The Hall–Kier alpha value is -1.32. The van der Waals surface area contributed by atoms with E-state index in [0.717, 1.165) is 28.7 Å². The lowest BCUT2D eigenvalue weighted by Crippen LogP contribution is -1.90. The molecule has 1 N–H and O–H groups in total. The van der Waals surface area contributed by atoms with E-state index < -0.39 is 0 Å². The van der Waals surface area contributed by atoms with Gasteiger partial charge in [-0.2, -0.15) is 0 Å². The fourth-order valence-electron chi connectivity index (χ4n) is 1.96. The van der Waals surface area contributed by atoms with Gasteiger partial charge in [-0.3, -0.25) is 0 Å². The van der Waals surface area contributed by atoms with Crippen molar-refractivity contribution in [1.29, 1.82) is 0 Å². The summed E-state index contributed by atoms with van der Waals surface area (Å²) in [6.45, 7) is 0. The van der Waals surface area contributed by atoms with Crippen LogP contribution in [-0.2, 0) is 6.42 Å². The topological polar surface area (TPSA) is 24.9 Å². The molecule has 2 aromatic rings. The molecule has 1 aromatic heterocycles. The van der Waals surface area contributed by atoms with Gasteiger partial charge in [0.05, 0.1) is 10.6 Å². The summed E-state index contributed by atoms with van der Waals surface area (Å²) in [6, 6.07) is 7.68. The first-order chi connectivity index (χ1) is 8.81. The first-order valence-corrected chi connectivity index (χ1v) is 7.19. The Morgan fingerprint density at radius 2 is 2.06 bits per heavy atom. The standard InChI is InChI=1S/C14H13ClN2S/c15-10-6-8-11(9-7-10)16-14-17-12-4-2-1-3-5-13(12)18-14/h3,5-9H,1-2,4H2,(H,16,17). The number of nitrogens with zero attached hydrogens (tertiary/aromatic N) is 1. The highest BCUT2D eigenvalue weighted by Gasteiger charge is 2.10. The molecular formula is C14H13ClN2S. The van der Waals surface area contributed by atoms with Crippen molar-refractivity contribution >= 4 is 39.8 Å². The van der Waals surface area contributed by atoms with Gasteiger partial charge in [0, 0.05) is 10.7 Å². The van der Waals surface area contributed by atoms with E-state index in [4.69, 9.17) is 11.6 Å². The summed E-state index contributed by atoms with van der Waals surface area (Å²) >= 11 is 7.57. The van der Waals surface area contributed by atoms with Crippen molar-refractivity contribution < 1.29 is 0 Å². The number of aromatic nitrogens is 1. The van der Waals surface area contributed by atoms with Crippen LogP contribution in [0.3, 0.4) is 0 Å². The Morgan fingerprint density at radius 1 is 1.22 bits per heavy atom. The van der Waals surface area contributed by atoms with Crippen molar-refractivity contribution in [3.8, 4) is 0 Å².